The number of hydrogen-bond acceptors (Lipinski definition) is 2. The van der Waals surface area contributed by atoms with E-state index >= 15 is 0 Å². The van der Waals surface area contributed by atoms with Gasteiger partial charge in [0.2, 0.25) is 0 Å². The van der Waals surface area contributed by atoms with E-state index in [4.69, 9.17) is 0 Å². The summed E-state index contributed by atoms with van der Waals surface area (Å²) in [6.07, 6.45) is 7.31. The third-order valence-corrected chi connectivity index (χ3v) is 2.81. The number of hydrogen-bond donors (Lipinski definition) is 0. The molecule has 80 valence electrons. The summed E-state index contributed by atoms with van der Waals surface area (Å²) >= 11 is 1.37. The summed E-state index contributed by atoms with van der Waals surface area (Å²) < 4.78 is -0.0835. The summed E-state index contributed by atoms with van der Waals surface area (Å²) in [6.45, 7) is 9.87. The highest BCUT2D eigenvalue weighted by Gasteiger charge is 2.16. The third kappa shape index (κ3) is 6.96. The fourth-order valence-corrected chi connectivity index (χ4v) is 1.96. The number of allylic oxidation sites excluding steroid dienone is 3. The Morgan fingerprint density at radius 1 is 1.36 bits per heavy atom. The summed E-state index contributed by atoms with van der Waals surface area (Å²) in [6, 6.07) is 0. The molecule has 0 fully saturated rings. The van der Waals surface area contributed by atoms with E-state index in [0.717, 1.165) is 6.42 Å². The van der Waals surface area contributed by atoms with Gasteiger partial charge in [0.1, 0.15) is 0 Å². The van der Waals surface area contributed by atoms with Crippen molar-refractivity contribution < 1.29 is 4.79 Å². The van der Waals surface area contributed by atoms with Gasteiger partial charge in [-0.3, -0.25) is 4.79 Å². The van der Waals surface area contributed by atoms with Crippen molar-refractivity contribution in [3.05, 3.63) is 23.8 Å². The van der Waals surface area contributed by atoms with Crippen molar-refractivity contribution in [2.24, 2.45) is 0 Å². The van der Waals surface area contributed by atoms with Gasteiger partial charge in [-0.25, -0.2) is 0 Å². The molecule has 14 heavy (non-hydrogen) atoms. The fourth-order valence-electron chi connectivity index (χ4n) is 1.05. The number of carbonyl (C=O) groups is 1. The van der Waals surface area contributed by atoms with Gasteiger partial charge in [0, 0.05) is 11.7 Å². The van der Waals surface area contributed by atoms with Crippen LogP contribution in [0.1, 0.15) is 41.0 Å². The highest BCUT2D eigenvalue weighted by Crippen LogP contribution is 2.26. The Morgan fingerprint density at radius 2 is 1.93 bits per heavy atom. The van der Waals surface area contributed by atoms with Crippen LogP contribution in [0.15, 0.2) is 23.8 Å². The molecule has 0 aliphatic rings. The Morgan fingerprint density at radius 3 is 2.36 bits per heavy atom. The van der Waals surface area contributed by atoms with Crippen molar-refractivity contribution in [3.8, 4) is 0 Å². The summed E-state index contributed by atoms with van der Waals surface area (Å²) in [5, 5.41) is 0.169. The second kappa shape index (κ2) is 6.07. The van der Waals surface area contributed by atoms with Crippen molar-refractivity contribution in [1.82, 2.24) is 0 Å². The van der Waals surface area contributed by atoms with Crippen molar-refractivity contribution in [3.63, 3.8) is 0 Å². The van der Waals surface area contributed by atoms with E-state index in [1.54, 1.807) is 6.92 Å². The average Bonchev–Trinajstić information content (AvgIpc) is 2.01. The maximum atomic E-state index is 10.9. The van der Waals surface area contributed by atoms with Crippen LogP contribution in [0.3, 0.4) is 0 Å². The molecule has 0 bridgehead atoms. The minimum absolute atomic E-state index is 0.0835. The Hall–Kier alpha value is -0.500. The second-order valence-corrected chi connectivity index (χ2v) is 5.77. The molecule has 0 heterocycles. The molecule has 0 amide bonds. The quantitative estimate of drug-likeness (QED) is 0.656. The standard InChI is InChI=1S/C12H20OS/c1-6-10(2)8-7-9-12(4,5)14-11(3)13/h6-7,9H,8H2,1-5H3. The molecule has 0 saturated carbocycles. The van der Waals surface area contributed by atoms with Crippen LogP contribution in [-0.2, 0) is 4.79 Å². The molecule has 0 rings (SSSR count). The number of rotatable bonds is 4. The molecule has 2 heteroatoms. The normalized spacial score (nSPS) is 13.6. The van der Waals surface area contributed by atoms with Crippen molar-refractivity contribution >= 4 is 16.9 Å². The lowest BCUT2D eigenvalue weighted by Crippen LogP contribution is -2.12. The van der Waals surface area contributed by atoms with E-state index in [9.17, 15) is 4.79 Å². The van der Waals surface area contributed by atoms with Crippen molar-refractivity contribution in [2.75, 3.05) is 0 Å². The highest BCUT2D eigenvalue weighted by molar-refractivity contribution is 8.14. The van der Waals surface area contributed by atoms with Gasteiger partial charge in [0.25, 0.3) is 0 Å². The zero-order chi connectivity index (χ0) is 11.2. The molecular formula is C12H20OS. The lowest BCUT2D eigenvalue weighted by Gasteiger charge is -2.16. The van der Waals surface area contributed by atoms with Gasteiger partial charge in [-0.2, -0.15) is 0 Å². The maximum Gasteiger partial charge on any atom is 0.186 e. The first-order valence-electron chi connectivity index (χ1n) is 4.86. The van der Waals surface area contributed by atoms with Crippen molar-refractivity contribution in [1.29, 1.82) is 0 Å². The lowest BCUT2D eigenvalue weighted by atomic mass is 10.1. The minimum Gasteiger partial charge on any atom is -0.288 e. The topological polar surface area (TPSA) is 17.1 Å². The summed E-state index contributed by atoms with van der Waals surface area (Å²) in [4.78, 5) is 10.9. The van der Waals surface area contributed by atoms with E-state index in [0.29, 0.717) is 0 Å². The molecule has 0 aliphatic carbocycles. The van der Waals surface area contributed by atoms with Crippen LogP contribution in [0.2, 0.25) is 0 Å². The molecule has 0 radical (unpaired) electrons. The lowest BCUT2D eigenvalue weighted by molar-refractivity contribution is -0.109. The van der Waals surface area contributed by atoms with E-state index in [1.165, 1.54) is 17.3 Å². The molecule has 0 spiro atoms. The second-order valence-electron chi connectivity index (χ2n) is 3.94. The molecule has 0 saturated heterocycles. The van der Waals surface area contributed by atoms with Gasteiger partial charge in [0.15, 0.2) is 5.12 Å². The first-order chi connectivity index (χ1) is 6.37. The van der Waals surface area contributed by atoms with Gasteiger partial charge in [-0.15, -0.1) is 0 Å². The number of thioether (sulfide) groups is 1. The minimum atomic E-state index is -0.0835. The highest BCUT2D eigenvalue weighted by atomic mass is 32.2. The van der Waals surface area contributed by atoms with Gasteiger partial charge >= 0.3 is 0 Å². The zero-order valence-electron chi connectivity index (χ0n) is 9.76. The van der Waals surface area contributed by atoms with Crippen LogP contribution < -0.4 is 0 Å². The van der Waals surface area contributed by atoms with Gasteiger partial charge in [0.05, 0.1) is 0 Å². The van der Waals surface area contributed by atoms with Gasteiger partial charge in [-0.1, -0.05) is 35.6 Å². The molecule has 0 aromatic heterocycles. The van der Waals surface area contributed by atoms with Crippen LogP contribution >= 0.6 is 11.8 Å². The van der Waals surface area contributed by atoms with Gasteiger partial charge in [-0.05, 0) is 34.1 Å². The molecule has 0 N–H and O–H groups in total. The van der Waals surface area contributed by atoms with Crippen LogP contribution in [0, 0.1) is 0 Å². The van der Waals surface area contributed by atoms with Crippen LogP contribution in [0.4, 0.5) is 0 Å². The van der Waals surface area contributed by atoms with Gasteiger partial charge < -0.3 is 0 Å². The summed E-state index contributed by atoms with van der Waals surface area (Å²) in [7, 11) is 0. The smallest absolute Gasteiger partial charge is 0.186 e. The van der Waals surface area contributed by atoms with Crippen molar-refractivity contribution in [2.45, 2.75) is 45.8 Å². The molecule has 0 unspecified atom stereocenters. The van der Waals surface area contributed by atoms with Crippen LogP contribution in [0.5, 0.6) is 0 Å². The van der Waals surface area contributed by atoms with E-state index in [1.807, 2.05) is 6.92 Å². The molecule has 0 aliphatic heterocycles. The molecule has 0 atom stereocenters. The largest absolute Gasteiger partial charge is 0.288 e. The van der Waals surface area contributed by atoms with Crippen LogP contribution in [0.25, 0.3) is 0 Å². The monoisotopic (exact) mass is 212 g/mol. The Bertz CT molecular complexity index is 249. The predicted molar refractivity (Wildman–Crippen MR) is 65.5 cm³/mol. The fraction of sp³-hybridized carbons (Fsp3) is 0.583. The Labute approximate surface area is 91.7 Å². The summed E-state index contributed by atoms with van der Waals surface area (Å²) in [5.41, 5.74) is 1.35. The zero-order valence-corrected chi connectivity index (χ0v) is 10.6. The molecule has 0 aromatic rings. The maximum absolute atomic E-state index is 10.9. The Kier molecular flexibility index (Phi) is 5.86. The summed E-state index contributed by atoms with van der Waals surface area (Å²) in [5.74, 6) is 0. The Balaban J connectivity index is 4.14. The van der Waals surface area contributed by atoms with E-state index in [-0.39, 0.29) is 9.86 Å². The third-order valence-electron chi connectivity index (χ3n) is 1.86. The number of carbonyl (C=O) groups excluding carboxylic acids is 1. The molecule has 0 aromatic carbocycles. The first-order valence-corrected chi connectivity index (χ1v) is 5.68. The van der Waals surface area contributed by atoms with E-state index < -0.39 is 0 Å². The van der Waals surface area contributed by atoms with E-state index in [2.05, 4.69) is 39.0 Å². The van der Waals surface area contributed by atoms with Crippen LogP contribution in [-0.4, -0.2) is 9.86 Å². The SMILES string of the molecule is CC=C(C)CC=CC(C)(C)SC(C)=O. The first kappa shape index (κ1) is 13.5. The predicted octanol–water partition coefficient (Wildman–Crippen LogP) is 3.96. The molecule has 1 nitrogen and oxygen atoms in total. The average molecular weight is 212 g/mol. The molecular weight excluding hydrogens is 192 g/mol.